The number of ether oxygens (including phenoxy) is 1. The second kappa shape index (κ2) is 5.28. The van der Waals surface area contributed by atoms with Crippen molar-refractivity contribution in [2.24, 2.45) is 5.41 Å². The van der Waals surface area contributed by atoms with E-state index in [2.05, 4.69) is 60.1 Å². The van der Waals surface area contributed by atoms with Gasteiger partial charge in [-0.1, -0.05) is 20.8 Å². The van der Waals surface area contributed by atoms with E-state index < -0.39 is 0 Å². The standard InChI is InChI=1S/C14H28NOP/c1-9-16-13-12(14(6,7)8)17(13)15(10(2)3)11(4)5/h10-11H,9H2,1-8H3. The average Bonchev–Trinajstić information content (AvgIpc) is 2.77. The molecule has 100 valence electrons. The number of allylic oxidation sites excluding steroid dienone is 1. The molecule has 2 nitrogen and oxygen atoms in total. The lowest BCUT2D eigenvalue weighted by Gasteiger charge is -2.32. The van der Waals surface area contributed by atoms with Gasteiger partial charge in [-0.05, 0) is 40.0 Å². The quantitative estimate of drug-likeness (QED) is 0.658. The Hall–Kier alpha value is -0.0700. The third kappa shape index (κ3) is 3.23. The van der Waals surface area contributed by atoms with Crippen molar-refractivity contribution >= 4 is 8.07 Å². The molecule has 0 aromatic heterocycles. The Labute approximate surface area is 108 Å². The molecule has 0 saturated heterocycles. The summed E-state index contributed by atoms with van der Waals surface area (Å²) < 4.78 is 8.46. The third-order valence-electron chi connectivity index (χ3n) is 2.84. The summed E-state index contributed by atoms with van der Waals surface area (Å²) >= 11 is 0. The monoisotopic (exact) mass is 257 g/mol. The molecule has 0 bridgehead atoms. The van der Waals surface area contributed by atoms with Crippen LogP contribution in [0, 0.1) is 5.41 Å². The van der Waals surface area contributed by atoms with E-state index in [1.165, 1.54) is 5.50 Å². The molecule has 1 aliphatic rings. The van der Waals surface area contributed by atoms with E-state index in [0.717, 1.165) is 6.61 Å². The molecule has 1 rings (SSSR count). The maximum absolute atomic E-state index is 5.85. The fourth-order valence-corrected chi connectivity index (χ4v) is 5.39. The van der Waals surface area contributed by atoms with Crippen molar-refractivity contribution in [3.8, 4) is 0 Å². The molecule has 1 atom stereocenters. The first-order valence-corrected chi connectivity index (χ1v) is 7.97. The molecule has 1 heterocycles. The average molecular weight is 257 g/mol. The molecule has 0 aromatic carbocycles. The number of hydrogen-bond acceptors (Lipinski definition) is 2. The molecular formula is C14H28NOP. The van der Waals surface area contributed by atoms with E-state index >= 15 is 0 Å². The van der Waals surface area contributed by atoms with Crippen LogP contribution in [0.3, 0.4) is 0 Å². The zero-order valence-electron chi connectivity index (χ0n) is 12.7. The van der Waals surface area contributed by atoms with Crippen molar-refractivity contribution < 1.29 is 4.74 Å². The Kier molecular flexibility index (Phi) is 4.66. The zero-order chi connectivity index (χ0) is 13.4. The van der Waals surface area contributed by atoms with Crippen LogP contribution in [0.25, 0.3) is 0 Å². The molecule has 0 N–H and O–H groups in total. The first-order chi connectivity index (χ1) is 7.71. The Balaban J connectivity index is 2.88. The summed E-state index contributed by atoms with van der Waals surface area (Å²) in [6.07, 6.45) is 0. The minimum atomic E-state index is -0.269. The lowest BCUT2D eigenvalue weighted by Crippen LogP contribution is -2.30. The number of nitrogens with zero attached hydrogens (tertiary/aromatic N) is 1. The summed E-state index contributed by atoms with van der Waals surface area (Å²) in [5.41, 5.74) is 1.54. The van der Waals surface area contributed by atoms with Crippen molar-refractivity contribution in [1.82, 2.24) is 4.67 Å². The highest BCUT2D eigenvalue weighted by molar-refractivity contribution is 7.71. The molecule has 0 spiro atoms. The van der Waals surface area contributed by atoms with Gasteiger partial charge >= 0.3 is 0 Å². The zero-order valence-corrected chi connectivity index (χ0v) is 13.6. The molecule has 3 heteroatoms. The van der Waals surface area contributed by atoms with Crippen LogP contribution in [0.2, 0.25) is 0 Å². The molecule has 0 radical (unpaired) electrons. The van der Waals surface area contributed by atoms with Gasteiger partial charge < -0.3 is 4.74 Å². The van der Waals surface area contributed by atoms with E-state index in [4.69, 9.17) is 4.74 Å². The highest BCUT2D eigenvalue weighted by Gasteiger charge is 2.50. The second-order valence-electron chi connectivity index (χ2n) is 6.22. The van der Waals surface area contributed by atoms with Gasteiger partial charge in [0.05, 0.1) is 14.7 Å². The van der Waals surface area contributed by atoms with Gasteiger partial charge in [0, 0.05) is 17.4 Å². The van der Waals surface area contributed by atoms with Crippen molar-refractivity contribution in [1.29, 1.82) is 0 Å². The minimum Gasteiger partial charge on any atom is -0.492 e. The maximum atomic E-state index is 5.85. The van der Waals surface area contributed by atoms with Gasteiger partial charge in [-0.25, -0.2) is 0 Å². The van der Waals surface area contributed by atoms with Crippen LogP contribution in [0.4, 0.5) is 0 Å². The van der Waals surface area contributed by atoms with E-state index in [1.807, 2.05) is 0 Å². The van der Waals surface area contributed by atoms with Gasteiger partial charge in [-0.15, -0.1) is 0 Å². The van der Waals surface area contributed by atoms with Gasteiger partial charge in [0.15, 0.2) is 0 Å². The smallest absolute Gasteiger partial charge is 0.143 e. The lowest BCUT2D eigenvalue weighted by atomic mass is 9.97. The number of rotatable bonds is 5. The first kappa shape index (κ1) is 15.0. The summed E-state index contributed by atoms with van der Waals surface area (Å²) in [6.45, 7) is 18.9. The molecule has 0 aliphatic carbocycles. The molecule has 1 aliphatic heterocycles. The minimum absolute atomic E-state index is 0.248. The largest absolute Gasteiger partial charge is 0.492 e. The summed E-state index contributed by atoms with van der Waals surface area (Å²) in [6, 6.07) is 1.16. The molecule has 0 saturated carbocycles. The summed E-state index contributed by atoms with van der Waals surface area (Å²) in [4.78, 5) is 0. The van der Waals surface area contributed by atoms with Crippen LogP contribution in [0.1, 0.15) is 55.4 Å². The van der Waals surface area contributed by atoms with Crippen LogP contribution in [-0.2, 0) is 4.74 Å². The summed E-state index contributed by atoms with van der Waals surface area (Å²) in [5.74, 6) is 0. The van der Waals surface area contributed by atoms with Gasteiger partial charge in [0.2, 0.25) is 0 Å². The predicted molar refractivity (Wildman–Crippen MR) is 77.1 cm³/mol. The van der Waals surface area contributed by atoms with Crippen molar-refractivity contribution in [2.45, 2.75) is 67.5 Å². The highest BCUT2D eigenvalue weighted by atomic mass is 31.1. The SMILES string of the molecule is CCOC1=C(C(C)(C)C)P1N(C(C)C)C(C)C. The Morgan fingerprint density at radius 2 is 1.59 bits per heavy atom. The van der Waals surface area contributed by atoms with Crippen molar-refractivity contribution in [3.05, 3.63) is 10.8 Å². The first-order valence-electron chi connectivity index (χ1n) is 6.67. The van der Waals surface area contributed by atoms with Gasteiger partial charge in [-0.2, -0.15) is 0 Å². The normalized spacial score (nSPS) is 20.8. The van der Waals surface area contributed by atoms with Crippen LogP contribution in [-0.4, -0.2) is 23.4 Å². The fraction of sp³-hybridized carbons (Fsp3) is 0.857. The van der Waals surface area contributed by atoms with Crippen LogP contribution < -0.4 is 0 Å². The van der Waals surface area contributed by atoms with Gasteiger partial charge in [-0.3, -0.25) is 4.67 Å². The Morgan fingerprint density at radius 3 is 1.88 bits per heavy atom. The van der Waals surface area contributed by atoms with Crippen LogP contribution >= 0.6 is 8.07 Å². The molecule has 0 fully saturated rings. The van der Waals surface area contributed by atoms with Gasteiger partial charge in [0.25, 0.3) is 0 Å². The molecular weight excluding hydrogens is 229 g/mol. The summed E-state index contributed by atoms with van der Waals surface area (Å²) in [7, 11) is -0.269. The van der Waals surface area contributed by atoms with Gasteiger partial charge in [0.1, 0.15) is 5.50 Å². The van der Waals surface area contributed by atoms with E-state index in [0.29, 0.717) is 12.1 Å². The van der Waals surface area contributed by atoms with E-state index in [1.54, 1.807) is 5.31 Å². The number of hydrogen-bond donors (Lipinski definition) is 0. The topological polar surface area (TPSA) is 12.5 Å². The Morgan fingerprint density at radius 1 is 1.12 bits per heavy atom. The third-order valence-corrected chi connectivity index (χ3v) is 6.03. The van der Waals surface area contributed by atoms with Crippen molar-refractivity contribution in [3.63, 3.8) is 0 Å². The van der Waals surface area contributed by atoms with Crippen LogP contribution in [0.15, 0.2) is 10.8 Å². The predicted octanol–water partition coefficient (Wildman–Crippen LogP) is 4.77. The maximum Gasteiger partial charge on any atom is 0.143 e. The lowest BCUT2D eigenvalue weighted by molar-refractivity contribution is 0.252. The molecule has 1 unspecified atom stereocenters. The molecule has 17 heavy (non-hydrogen) atoms. The van der Waals surface area contributed by atoms with E-state index in [9.17, 15) is 0 Å². The summed E-state index contributed by atoms with van der Waals surface area (Å²) in [5, 5.41) is 1.55. The van der Waals surface area contributed by atoms with E-state index in [-0.39, 0.29) is 13.5 Å². The molecule has 0 aromatic rings. The van der Waals surface area contributed by atoms with Crippen molar-refractivity contribution in [2.75, 3.05) is 6.61 Å². The Bertz CT molecular complexity index is 294. The highest BCUT2D eigenvalue weighted by Crippen LogP contribution is 2.77. The fourth-order valence-electron chi connectivity index (χ4n) is 2.32. The second-order valence-corrected chi connectivity index (χ2v) is 8.15. The van der Waals surface area contributed by atoms with Crippen LogP contribution in [0.5, 0.6) is 0 Å². The molecule has 0 amide bonds.